The quantitative estimate of drug-likeness (QED) is 0.449. The number of amides is 3. The molecule has 5 heteroatoms. The van der Waals surface area contributed by atoms with Crippen molar-refractivity contribution in [3.63, 3.8) is 0 Å². The van der Waals surface area contributed by atoms with Gasteiger partial charge in [-0.3, -0.25) is 9.69 Å². The molecule has 1 N–H and O–H groups in total. The van der Waals surface area contributed by atoms with Crippen molar-refractivity contribution in [1.29, 1.82) is 0 Å². The maximum absolute atomic E-state index is 12.2. The minimum Gasteiger partial charge on any atom is -0.323 e. The molecule has 17 heavy (non-hydrogen) atoms. The first-order valence-electron chi connectivity index (χ1n) is 6.45. The largest absolute Gasteiger partial charge is 0.325 e. The average molecular weight is 256 g/mol. The lowest BCUT2D eigenvalue weighted by Crippen LogP contribution is -2.44. The maximum Gasteiger partial charge on any atom is 0.325 e. The topological polar surface area (TPSA) is 49.4 Å². The van der Waals surface area contributed by atoms with Crippen LogP contribution in [0.5, 0.6) is 0 Å². The lowest BCUT2D eigenvalue weighted by Gasteiger charge is -2.19. The summed E-state index contributed by atoms with van der Waals surface area (Å²) in [5.41, 5.74) is -0.541. The molecule has 3 amide bonds. The van der Waals surface area contributed by atoms with Crippen LogP contribution in [0.15, 0.2) is 0 Å². The highest BCUT2D eigenvalue weighted by Crippen LogP contribution is 2.35. The summed E-state index contributed by atoms with van der Waals surface area (Å²) in [5, 5.41) is 2.89. The Morgan fingerprint density at radius 3 is 2.53 bits per heavy atom. The van der Waals surface area contributed by atoms with E-state index >= 15 is 0 Å². The third-order valence-electron chi connectivity index (χ3n) is 3.74. The van der Waals surface area contributed by atoms with Crippen LogP contribution in [0.4, 0.5) is 4.79 Å². The first kappa shape index (κ1) is 12.7. The van der Waals surface area contributed by atoms with Gasteiger partial charge in [0.05, 0.1) is 0 Å². The third kappa shape index (κ3) is 2.44. The summed E-state index contributed by atoms with van der Waals surface area (Å²) in [4.78, 5) is 25.4. The second kappa shape index (κ2) is 5.29. The van der Waals surface area contributed by atoms with E-state index in [4.69, 9.17) is 0 Å². The molecular weight excluding hydrogens is 236 g/mol. The highest BCUT2D eigenvalue weighted by molar-refractivity contribution is 7.80. The van der Waals surface area contributed by atoms with Crippen molar-refractivity contribution in [2.75, 3.05) is 12.3 Å². The Labute approximate surface area is 108 Å². The maximum atomic E-state index is 12.2. The number of rotatable bonds is 5. The molecule has 0 unspecified atom stereocenters. The van der Waals surface area contributed by atoms with Gasteiger partial charge < -0.3 is 5.32 Å². The van der Waals surface area contributed by atoms with E-state index in [9.17, 15) is 9.59 Å². The van der Waals surface area contributed by atoms with Crippen LogP contribution >= 0.6 is 12.6 Å². The fourth-order valence-electron chi connectivity index (χ4n) is 2.76. The summed E-state index contributed by atoms with van der Waals surface area (Å²) < 4.78 is 0. The second-order valence-electron chi connectivity index (χ2n) is 4.96. The van der Waals surface area contributed by atoms with Crippen molar-refractivity contribution in [3.05, 3.63) is 0 Å². The molecule has 0 aromatic carbocycles. The first-order chi connectivity index (χ1) is 8.19. The zero-order valence-electron chi connectivity index (χ0n) is 10.1. The molecule has 1 saturated heterocycles. The van der Waals surface area contributed by atoms with Crippen LogP contribution in [-0.2, 0) is 4.79 Å². The van der Waals surface area contributed by atoms with Crippen molar-refractivity contribution in [1.82, 2.24) is 10.2 Å². The first-order valence-corrected chi connectivity index (χ1v) is 7.08. The number of urea groups is 1. The summed E-state index contributed by atoms with van der Waals surface area (Å²) in [6.07, 6.45) is 6.65. The molecule has 1 aliphatic heterocycles. The molecule has 2 rings (SSSR count). The van der Waals surface area contributed by atoms with Crippen LogP contribution in [0.2, 0.25) is 0 Å². The number of hydrogen-bond acceptors (Lipinski definition) is 3. The van der Waals surface area contributed by atoms with Gasteiger partial charge in [0, 0.05) is 6.54 Å². The summed E-state index contributed by atoms with van der Waals surface area (Å²) in [5.74, 6) is 0.871. The summed E-state index contributed by atoms with van der Waals surface area (Å²) in [7, 11) is 0. The number of imide groups is 1. The Morgan fingerprint density at radius 1 is 1.18 bits per heavy atom. The molecule has 1 saturated carbocycles. The lowest BCUT2D eigenvalue weighted by atomic mass is 9.98. The van der Waals surface area contributed by atoms with Gasteiger partial charge in [-0.1, -0.05) is 19.3 Å². The molecule has 2 fully saturated rings. The Morgan fingerprint density at radius 2 is 1.88 bits per heavy atom. The number of carbonyl (C=O) groups is 2. The predicted molar refractivity (Wildman–Crippen MR) is 69.1 cm³/mol. The molecule has 0 aromatic heterocycles. The van der Waals surface area contributed by atoms with E-state index in [1.165, 1.54) is 4.90 Å². The smallest absolute Gasteiger partial charge is 0.323 e. The molecule has 0 bridgehead atoms. The number of carbonyl (C=O) groups excluding carboxylic acids is 2. The average Bonchev–Trinajstić information content (AvgIpc) is 2.85. The van der Waals surface area contributed by atoms with Crippen LogP contribution in [0, 0.1) is 0 Å². The highest BCUT2D eigenvalue weighted by atomic mass is 32.1. The monoisotopic (exact) mass is 256 g/mol. The van der Waals surface area contributed by atoms with Crippen molar-refractivity contribution in [3.8, 4) is 0 Å². The Balaban J connectivity index is 1.90. The van der Waals surface area contributed by atoms with Gasteiger partial charge >= 0.3 is 6.03 Å². The molecule has 0 radical (unpaired) electrons. The van der Waals surface area contributed by atoms with Crippen LogP contribution in [-0.4, -0.2) is 34.7 Å². The van der Waals surface area contributed by atoms with E-state index in [0.717, 1.165) is 50.7 Å². The van der Waals surface area contributed by atoms with Crippen LogP contribution in [0.3, 0.4) is 0 Å². The van der Waals surface area contributed by atoms with Gasteiger partial charge in [-0.25, -0.2) is 4.79 Å². The molecule has 1 aliphatic carbocycles. The minimum atomic E-state index is -0.541. The molecule has 2 aliphatic rings. The Bertz CT molecular complexity index is 314. The molecular formula is C12H20N2O2S. The van der Waals surface area contributed by atoms with Crippen molar-refractivity contribution >= 4 is 24.6 Å². The van der Waals surface area contributed by atoms with Gasteiger partial charge in [0.15, 0.2) is 0 Å². The van der Waals surface area contributed by atoms with Crippen molar-refractivity contribution in [2.45, 2.75) is 50.5 Å². The van der Waals surface area contributed by atoms with Gasteiger partial charge in [0.2, 0.25) is 0 Å². The van der Waals surface area contributed by atoms with Gasteiger partial charge in [-0.05, 0) is 31.4 Å². The molecule has 4 nitrogen and oxygen atoms in total. The van der Waals surface area contributed by atoms with E-state index in [2.05, 4.69) is 17.9 Å². The van der Waals surface area contributed by atoms with E-state index in [1.807, 2.05) is 0 Å². The Kier molecular flexibility index (Phi) is 3.97. The SMILES string of the molecule is O=C1NC2(CCCC2)C(=O)N1CCCCCS. The zero-order chi connectivity index (χ0) is 12.3. The molecule has 0 aromatic rings. The standard InChI is InChI=1S/C12H20N2O2S/c15-10-12(6-2-3-7-12)13-11(16)14(10)8-4-1-5-9-17/h17H,1-9H2,(H,13,16). The Hall–Kier alpha value is -0.710. The van der Waals surface area contributed by atoms with Gasteiger partial charge in [0.1, 0.15) is 5.54 Å². The lowest BCUT2D eigenvalue weighted by molar-refractivity contribution is -0.131. The number of thiol groups is 1. The van der Waals surface area contributed by atoms with Gasteiger partial charge in [0.25, 0.3) is 5.91 Å². The van der Waals surface area contributed by atoms with E-state index in [-0.39, 0.29) is 11.9 Å². The fourth-order valence-corrected chi connectivity index (χ4v) is 2.98. The summed E-state index contributed by atoms with van der Waals surface area (Å²) >= 11 is 4.14. The van der Waals surface area contributed by atoms with E-state index < -0.39 is 5.54 Å². The molecule has 0 atom stereocenters. The van der Waals surface area contributed by atoms with Crippen molar-refractivity contribution in [2.24, 2.45) is 0 Å². The third-order valence-corrected chi connectivity index (χ3v) is 4.06. The molecule has 1 spiro atoms. The zero-order valence-corrected chi connectivity index (χ0v) is 11.0. The normalized spacial score (nSPS) is 22.5. The second-order valence-corrected chi connectivity index (χ2v) is 5.41. The van der Waals surface area contributed by atoms with Crippen LogP contribution in [0.1, 0.15) is 44.9 Å². The van der Waals surface area contributed by atoms with Gasteiger partial charge in [-0.15, -0.1) is 0 Å². The highest BCUT2D eigenvalue weighted by Gasteiger charge is 2.51. The molecule has 96 valence electrons. The summed E-state index contributed by atoms with van der Waals surface area (Å²) in [6, 6.07) is -0.192. The van der Waals surface area contributed by atoms with E-state index in [0.29, 0.717) is 6.54 Å². The number of unbranched alkanes of at least 4 members (excludes halogenated alkanes) is 2. The summed E-state index contributed by atoms with van der Waals surface area (Å²) in [6.45, 7) is 0.556. The number of nitrogens with one attached hydrogen (secondary N) is 1. The fraction of sp³-hybridized carbons (Fsp3) is 0.833. The predicted octanol–water partition coefficient (Wildman–Crippen LogP) is 1.95. The van der Waals surface area contributed by atoms with E-state index in [1.54, 1.807) is 0 Å². The number of nitrogens with zero attached hydrogens (tertiary/aromatic N) is 1. The van der Waals surface area contributed by atoms with Gasteiger partial charge in [-0.2, -0.15) is 12.6 Å². The number of hydrogen-bond donors (Lipinski definition) is 2. The minimum absolute atomic E-state index is 0.00544. The van der Waals surface area contributed by atoms with Crippen LogP contribution < -0.4 is 5.32 Å². The van der Waals surface area contributed by atoms with Crippen LogP contribution in [0.25, 0.3) is 0 Å². The van der Waals surface area contributed by atoms with Crippen molar-refractivity contribution < 1.29 is 9.59 Å². The molecule has 1 heterocycles.